The first-order valence-corrected chi connectivity index (χ1v) is 10.4. The second-order valence-electron chi connectivity index (χ2n) is 5.31. The van der Waals surface area contributed by atoms with Crippen molar-refractivity contribution in [2.24, 2.45) is 0 Å². The molecule has 26 heavy (non-hydrogen) atoms. The first-order valence-electron chi connectivity index (χ1n) is 7.50. The van der Waals surface area contributed by atoms with Gasteiger partial charge in [0.15, 0.2) is 0 Å². The van der Waals surface area contributed by atoms with E-state index in [9.17, 15) is 21.2 Å². The van der Waals surface area contributed by atoms with Gasteiger partial charge in [0.25, 0.3) is 20.0 Å². The fraction of sp³-hybridized carbons (Fsp3) is 0. The molecule has 3 rings (SSSR count). The van der Waals surface area contributed by atoms with Crippen LogP contribution in [0, 0.1) is 5.82 Å². The van der Waals surface area contributed by atoms with Crippen LogP contribution in [0.4, 0.5) is 10.1 Å². The van der Waals surface area contributed by atoms with E-state index in [1.165, 1.54) is 48.5 Å². The van der Waals surface area contributed by atoms with E-state index in [0.717, 1.165) is 24.3 Å². The molecule has 0 spiro atoms. The molecule has 8 heteroatoms. The van der Waals surface area contributed by atoms with Crippen molar-refractivity contribution in [2.45, 2.75) is 9.79 Å². The highest BCUT2D eigenvalue weighted by molar-refractivity contribution is 8.10. The summed E-state index contributed by atoms with van der Waals surface area (Å²) in [7, 11) is -8.90. The maximum absolute atomic E-state index is 13.3. The SMILES string of the molecule is O=S(=O)(c1ccccc1)N(c1ccc(F)cc1)S(=O)(=O)c1ccccc1. The zero-order valence-corrected chi connectivity index (χ0v) is 15.0. The molecule has 0 amide bonds. The molecule has 0 heterocycles. The van der Waals surface area contributed by atoms with E-state index < -0.39 is 25.9 Å². The Kier molecular flexibility index (Phi) is 4.80. The molecule has 3 aromatic carbocycles. The third kappa shape index (κ3) is 3.33. The minimum absolute atomic E-state index is 0.181. The molecule has 0 N–H and O–H groups in total. The molecule has 0 saturated carbocycles. The van der Waals surface area contributed by atoms with Crippen LogP contribution in [0.3, 0.4) is 0 Å². The monoisotopic (exact) mass is 391 g/mol. The van der Waals surface area contributed by atoms with E-state index in [1.807, 2.05) is 0 Å². The number of benzene rings is 3. The Morgan fingerprint density at radius 3 is 1.35 bits per heavy atom. The van der Waals surface area contributed by atoms with Gasteiger partial charge in [0.05, 0.1) is 15.5 Å². The van der Waals surface area contributed by atoms with Crippen LogP contribution in [0.15, 0.2) is 94.7 Å². The number of hydrogen-bond acceptors (Lipinski definition) is 4. The van der Waals surface area contributed by atoms with Crippen LogP contribution >= 0.6 is 0 Å². The molecule has 134 valence electrons. The van der Waals surface area contributed by atoms with Crippen molar-refractivity contribution in [3.63, 3.8) is 0 Å². The fourth-order valence-electron chi connectivity index (χ4n) is 2.35. The third-order valence-electron chi connectivity index (χ3n) is 3.56. The van der Waals surface area contributed by atoms with Crippen molar-refractivity contribution < 1.29 is 21.2 Å². The molecule has 0 fully saturated rings. The molecule has 0 aliphatic heterocycles. The first kappa shape index (κ1) is 18.1. The lowest BCUT2D eigenvalue weighted by Gasteiger charge is -2.24. The van der Waals surface area contributed by atoms with Crippen LogP contribution in [0.1, 0.15) is 0 Å². The quantitative estimate of drug-likeness (QED) is 0.668. The van der Waals surface area contributed by atoms with Gasteiger partial charge in [-0.2, -0.15) is 3.71 Å². The van der Waals surface area contributed by atoms with Crippen molar-refractivity contribution in [3.8, 4) is 0 Å². The molecule has 0 unspecified atom stereocenters. The lowest BCUT2D eigenvalue weighted by molar-refractivity contribution is 0.584. The molecule has 0 radical (unpaired) electrons. The van der Waals surface area contributed by atoms with Gasteiger partial charge in [-0.15, -0.1) is 0 Å². The van der Waals surface area contributed by atoms with Crippen LogP contribution in [-0.4, -0.2) is 16.8 Å². The highest BCUT2D eigenvalue weighted by atomic mass is 32.3. The Morgan fingerprint density at radius 2 is 0.962 bits per heavy atom. The third-order valence-corrected chi connectivity index (χ3v) is 7.76. The van der Waals surface area contributed by atoms with Gasteiger partial charge in [0, 0.05) is 0 Å². The van der Waals surface area contributed by atoms with Gasteiger partial charge in [-0.05, 0) is 48.5 Å². The van der Waals surface area contributed by atoms with Gasteiger partial charge in [0.1, 0.15) is 5.82 Å². The number of rotatable bonds is 5. The van der Waals surface area contributed by atoms with Crippen molar-refractivity contribution in [3.05, 3.63) is 90.7 Å². The molecule has 0 aliphatic carbocycles. The molecular weight excluding hydrogens is 377 g/mol. The van der Waals surface area contributed by atoms with Gasteiger partial charge in [-0.3, -0.25) is 0 Å². The maximum Gasteiger partial charge on any atom is 0.277 e. The van der Waals surface area contributed by atoms with Crippen molar-refractivity contribution >= 4 is 25.7 Å². The first-order chi connectivity index (χ1) is 12.3. The molecule has 0 aliphatic rings. The summed E-state index contributed by atoms with van der Waals surface area (Å²) in [6, 6.07) is 18.6. The predicted molar refractivity (Wildman–Crippen MR) is 96.1 cm³/mol. The normalized spacial score (nSPS) is 11.9. The average Bonchev–Trinajstić information content (AvgIpc) is 2.65. The Morgan fingerprint density at radius 1 is 0.577 bits per heavy atom. The number of sulfonamides is 2. The van der Waals surface area contributed by atoms with Gasteiger partial charge in [-0.1, -0.05) is 36.4 Å². The number of halogens is 1. The highest BCUT2D eigenvalue weighted by Gasteiger charge is 2.36. The standard InChI is InChI=1S/C18H14FNO4S2/c19-15-11-13-16(14-12-15)20(25(21,22)17-7-3-1-4-8-17)26(23,24)18-9-5-2-6-10-18/h1-14H. The van der Waals surface area contributed by atoms with Gasteiger partial charge < -0.3 is 0 Å². The van der Waals surface area contributed by atoms with Crippen LogP contribution in [0.25, 0.3) is 0 Å². The highest BCUT2D eigenvalue weighted by Crippen LogP contribution is 2.30. The van der Waals surface area contributed by atoms with Gasteiger partial charge >= 0.3 is 0 Å². The molecular formula is C18H14FNO4S2. The van der Waals surface area contributed by atoms with Gasteiger partial charge in [0.2, 0.25) is 0 Å². The van der Waals surface area contributed by atoms with E-state index in [4.69, 9.17) is 0 Å². The Balaban J connectivity index is 2.26. The maximum atomic E-state index is 13.3. The minimum atomic E-state index is -4.45. The van der Waals surface area contributed by atoms with Crippen LogP contribution in [-0.2, 0) is 20.0 Å². The average molecular weight is 391 g/mol. The summed E-state index contributed by atoms with van der Waals surface area (Å²) >= 11 is 0. The molecule has 0 bridgehead atoms. The van der Waals surface area contributed by atoms with E-state index >= 15 is 0 Å². The smallest absolute Gasteiger partial charge is 0.207 e. The summed E-state index contributed by atoms with van der Waals surface area (Å²) in [6.07, 6.45) is 0. The summed E-state index contributed by atoms with van der Waals surface area (Å²) in [4.78, 5) is -0.382. The summed E-state index contributed by atoms with van der Waals surface area (Å²) in [5, 5.41) is 0. The molecule has 5 nitrogen and oxygen atoms in total. The predicted octanol–water partition coefficient (Wildman–Crippen LogP) is 3.41. The summed E-state index contributed by atoms with van der Waals surface area (Å²) in [6.45, 7) is 0. The largest absolute Gasteiger partial charge is 0.277 e. The van der Waals surface area contributed by atoms with Crippen LogP contribution in [0.5, 0.6) is 0 Å². The molecule has 3 aromatic rings. The summed E-state index contributed by atoms with van der Waals surface area (Å²) < 4.78 is 66.0. The van der Waals surface area contributed by atoms with Crippen LogP contribution in [0.2, 0.25) is 0 Å². The Bertz CT molecular complexity index is 1030. The lowest BCUT2D eigenvalue weighted by Crippen LogP contribution is -2.37. The summed E-state index contributed by atoms with van der Waals surface area (Å²) in [5.74, 6) is -0.608. The Labute approximate surface area is 151 Å². The van der Waals surface area contributed by atoms with Crippen molar-refractivity contribution in [1.82, 2.24) is 0 Å². The van der Waals surface area contributed by atoms with E-state index in [-0.39, 0.29) is 15.5 Å². The second kappa shape index (κ2) is 6.89. The Hall–Kier alpha value is -2.71. The summed E-state index contributed by atoms with van der Waals surface area (Å²) in [5.41, 5.74) is -0.181. The number of nitrogens with zero attached hydrogens (tertiary/aromatic N) is 1. The molecule has 0 saturated heterocycles. The number of hydrogen-bond donors (Lipinski definition) is 0. The van der Waals surface area contributed by atoms with E-state index in [2.05, 4.69) is 0 Å². The molecule has 0 aromatic heterocycles. The van der Waals surface area contributed by atoms with Crippen LogP contribution < -0.4 is 3.71 Å². The minimum Gasteiger partial charge on any atom is -0.207 e. The topological polar surface area (TPSA) is 71.5 Å². The van der Waals surface area contributed by atoms with Crippen molar-refractivity contribution in [1.29, 1.82) is 0 Å². The fourth-order valence-corrected chi connectivity index (χ4v) is 6.08. The number of anilines is 1. The lowest BCUT2D eigenvalue weighted by atomic mass is 10.3. The zero-order valence-electron chi connectivity index (χ0n) is 13.4. The van der Waals surface area contributed by atoms with Gasteiger partial charge in [-0.25, -0.2) is 21.2 Å². The zero-order chi connectivity index (χ0) is 18.8. The molecule has 0 atom stereocenters. The van der Waals surface area contributed by atoms with E-state index in [1.54, 1.807) is 12.1 Å². The van der Waals surface area contributed by atoms with E-state index in [0.29, 0.717) is 3.71 Å². The second-order valence-corrected chi connectivity index (χ2v) is 9.11. The van der Waals surface area contributed by atoms with Crippen molar-refractivity contribution in [2.75, 3.05) is 3.71 Å².